The van der Waals surface area contributed by atoms with Gasteiger partial charge in [-0.05, 0) is 12.1 Å². The minimum atomic E-state index is 0.149. The fourth-order valence-corrected chi connectivity index (χ4v) is 0.576. The first-order valence-electron chi connectivity index (χ1n) is 3.05. The molecule has 0 aromatic carbocycles. The van der Waals surface area contributed by atoms with Crippen LogP contribution in [0.4, 0.5) is 0 Å². The first kappa shape index (κ1) is 6.68. The van der Waals surface area contributed by atoms with Crippen molar-refractivity contribution in [1.29, 1.82) is 0 Å². The third-order valence-corrected chi connectivity index (χ3v) is 1.03. The van der Waals surface area contributed by atoms with Crippen LogP contribution >= 0.6 is 0 Å². The average Bonchev–Trinajstić information content (AvgIpc) is 2.02. The zero-order chi connectivity index (χ0) is 7.23. The van der Waals surface area contributed by atoms with Gasteiger partial charge in [0.25, 0.3) is 0 Å². The standard InChI is InChI=1S/C8H9NO/c10-8-6-4-2-1-3-5-7-9-8/h1-7,9-10H. The summed E-state index contributed by atoms with van der Waals surface area (Å²) in [6.45, 7) is 0. The summed E-state index contributed by atoms with van der Waals surface area (Å²) in [5.41, 5.74) is 0. The first-order chi connectivity index (χ1) is 4.89. The van der Waals surface area contributed by atoms with Crippen LogP contribution in [-0.2, 0) is 0 Å². The molecule has 10 heavy (non-hydrogen) atoms. The van der Waals surface area contributed by atoms with E-state index in [-0.39, 0.29) is 5.88 Å². The van der Waals surface area contributed by atoms with E-state index in [2.05, 4.69) is 4.98 Å². The normalized spacial score (nSPS) is 8.40. The van der Waals surface area contributed by atoms with Crippen molar-refractivity contribution < 1.29 is 5.11 Å². The van der Waals surface area contributed by atoms with Crippen molar-refractivity contribution >= 4 is 0 Å². The van der Waals surface area contributed by atoms with Gasteiger partial charge in [-0.3, -0.25) is 0 Å². The predicted octanol–water partition coefficient (Wildman–Crippen LogP) is 1.84. The number of H-pyrrole nitrogens is 1. The minimum absolute atomic E-state index is 0.149. The topological polar surface area (TPSA) is 36.0 Å². The molecule has 0 unspecified atom stereocenters. The van der Waals surface area contributed by atoms with E-state index < -0.39 is 0 Å². The molecular formula is C8H9NO. The lowest BCUT2D eigenvalue weighted by molar-refractivity contribution is 0.454. The summed E-state index contributed by atoms with van der Waals surface area (Å²) in [6.07, 6.45) is 1.66. The summed E-state index contributed by atoms with van der Waals surface area (Å²) >= 11 is 0. The van der Waals surface area contributed by atoms with E-state index in [1.807, 2.05) is 18.2 Å². The summed E-state index contributed by atoms with van der Waals surface area (Å²) in [5.74, 6) is 0.149. The van der Waals surface area contributed by atoms with E-state index in [1.54, 1.807) is 24.4 Å². The van der Waals surface area contributed by atoms with Gasteiger partial charge in [-0.25, -0.2) is 0 Å². The highest BCUT2D eigenvalue weighted by atomic mass is 16.3. The number of hydrogen-bond donors (Lipinski definition) is 2. The summed E-state index contributed by atoms with van der Waals surface area (Å²) in [4.78, 5) is 2.66. The van der Waals surface area contributed by atoms with Gasteiger partial charge in [-0.15, -0.1) is 0 Å². The Morgan fingerprint density at radius 3 is 2.60 bits per heavy atom. The second-order valence-electron chi connectivity index (χ2n) is 1.83. The molecule has 2 N–H and O–H groups in total. The molecule has 0 saturated carbocycles. The molecule has 2 nitrogen and oxygen atoms in total. The Kier molecular flexibility index (Phi) is 2.38. The van der Waals surface area contributed by atoms with E-state index in [0.717, 1.165) is 0 Å². The lowest BCUT2D eigenvalue weighted by atomic mass is 10.5. The second-order valence-corrected chi connectivity index (χ2v) is 1.83. The molecule has 1 aromatic heterocycles. The lowest BCUT2D eigenvalue weighted by Gasteiger charge is -1.79. The molecule has 1 heterocycles. The van der Waals surface area contributed by atoms with E-state index in [1.165, 1.54) is 0 Å². The van der Waals surface area contributed by atoms with Gasteiger partial charge in [0, 0.05) is 6.20 Å². The summed E-state index contributed by atoms with van der Waals surface area (Å²) in [7, 11) is 0. The highest BCUT2D eigenvalue weighted by Crippen LogP contribution is 1.94. The Morgan fingerprint density at radius 1 is 1.00 bits per heavy atom. The molecule has 2 heteroatoms. The monoisotopic (exact) mass is 135 g/mol. The zero-order valence-electron chi connectivity index (χ0n) is 5.49. The van der Waals surface area contributed by atoms with Crippen LogP contribution in [0.2, 0.25) is 0 Å². The van der Waals surface area contributed by atoms with E-state index in [0.29, 0.717) is 0 Å². The number of nitrogens with one attached hydrogen (secondary N) is 1. The molecule has 0 atom stereocenters. The SMILES string of the molecule is Oc1ccccccc[nH]1. The van der Waals surface area contributed by atoms with Crippen molar-refractivity contribution in [3.63, 3.8) is 0 Å². The third kappa shape index (κ3) is 2.22. The van der Waals surface area contributed by atoms with Crippen LogP contribution in [0, 0.1) is 0 Å². The van der Waals surface area contributed by atoms with Gasteiger partial charge >= 0.3 is 0 Å². The molecule has 0 saturated heterocycles. The maximum Gasteiger partial charge on any atom is 0.188 e. The van der Waals surface area contributed by atoms with Crippen LogP contribution in [0.25, 0.3) is 0 Å². The maximum atomic E-state index is 8.96. The van der Waals surface area contributed by atoms with Gasteiger partial charge in [0.15, 0.2) is 5.88 Å². The van der Waals surface area contributed by atoms with Gasteiger partial charge in [-0.2, -0.15) is 0 Å². The molecule has 0 aliphatic rings. The third-order valence-electron chi connectivity index (χ3n) is 1.03. The minimum Gasteiger partial charge on any atom is -0.495 e. The van der Waals surface area contributed by atoms with Crippen molar-refractivity contribution in [3.05, 3.63) is 42.6 Å². The molecule has 0 amide bonds. The Labute approximate surface area is 59.5 Å². The number of aromatic amines is 1. The van der Waals surface area contributed by atoms with Gasteiger partial charge < -0.3 is 10.1 Å². The smallest absolute Gasteiger partial charge is 0.188 e. The van der Waals surface area contributed by atoms with Gasteiger partial charge in [0.1, 0.15) is 0 Å². The predicted molar refractivity (Wildman–Crippen MR) is 40.1 cm³/mol. The molecule has 0 aliphatic heterocycles. The molecule has 0 radical (unpaired) electrons. The van der Waals surface area contributed by atoms with Crippen LogP contribution < -0.4 is 0 Å². The van der Waals surface area contributed by atoms with Gasteiger partial charge in [0.05, 0.1) is 0 Å². The zero-order valence-corrected chi connectivity index (χ0v) is 5.49. The van der Waals surface area contributed by atoms with Gasteiger partial charge in [-0.1, -0.05) is 24.3 Å². The Morgan fingerprint density at radius 2 is 1.70 bits per heavy atom. The van der Waals surface area contributed by atoms with Crippen LogP contribution in [0.5, 0.6) is 5.88 Å². The molecular weight excluding hydrogens is 126 g/mol. The maximum absolute atomic E-state index is 8.96. The van der Waals surface area contributed by atoms with Gasteiger partial charge in [0.2, 0.25) is 0 Å². The molecule has 1 aromatic rings. The van der Waals surface area contributed by atoms with Crippen LogP contribution in [0.3, 0.4) is 0 Å². The molecule has 1 rings (SSSR count). The van der Waals surface area contributed by atoms with E-state index in [4.69, 9.17) is 5.11 Å². The van der Waals surface area contributed by atoms with Crippen molar-refractivity contribution in [2.75, 3.05) is 0 Å². The summed E-state index contributed by atoms with van der Waals surface area (Å²) in [6, 6.07) is 10.7. The molecule has 0 spiro atoms. The molecule has 0 fully saturated rings. The van der Waals surface area contributed by atoms with E-state index in [9.17, 15) is 0 Å². The van der Waals surface area contributed by atoms with E-state index >= 15 is 0 Å². The highest BCUT2D eigenvalue weighted by molar-refractivity contribution is 5.05. The summed E-state index contributed by atoms with van der Waals surface area (Å²) < 4.78 is 0. The second kappa shape index (κ2) is 3.56. The van der Waals surface area contributed by atoms with Crippen molar-refractivity contribution in [3.8, 4) is 5.88 Å². The fourth-order valence-electron chi connectivity index (χ4n) is 0.576. The van der Waals surface area contributed by atoms with Crippen LogP contribution in [0.15, 0.2) is 42.6 Å². The highest BCUT2D eigenvalue weighted by Gasteiger charge is 1.71. The largest absolute Gasteiger partial charge is 0.495 e. The van der Waals surface area contributed by atoms with Crippen molar-refractivity contribution in [2.24, 2.45) is 0 Å². The first-order valence-corrected chi connectivity index (χ1v) is 3.05. The molecule has 0 aliphatic carbocycles. The van der Waals surface area contributed by atoms with Crippen LogP contribution in [0.1, 0.15) is 0 Å². The quantitative estimate of drug-likeness (QED) is 0.559. The summed E-state index contributed by atoms with van der Waals surface area (Å²) in [5, 5.41) is 8.96. The molecule has 52 valence electrons. The van der Waals surface area contributed by atoms with Crippen molar-refractivity contribution in [2.45, 2.75) is 0 Å². The lowest BCUT2D eigenvalue weighted by Crippen LogP contribution is -1.61. The average molecular weight is 135 g/mol. The fraction of sp³-hybridized carbons (Fsp3) is 0. The van der Waals surface area contributed by atoms with Crippen molar-refractivity contribution in [1.82, 2.24) is 4.98 Å². The molecule has 0 bridgehead atoms. The number of aromatic hydroxyl groups is 1. The Bertz CT molecular complexity index is 217. The van der Waals surface area contributed by atoms with Crippen LogP contribution in [-0.4, -0.2) is 10.1 Å². The number of rotatable bonds is 0. The Balaban J connectivity index is 3.13. The number of aromatic nitrogens is 1. The Hall–Kier alpha value is -1.44. The number of hydrogen-bond acceptors (Lipinski definition) is 1.